The number of esters is 1. The van der Waals surface area contributed by atoms with Crippen molar-refractivity contribution in [1.29, 1.82) is 0 Å². The van der Waals surface area contributed by atoms with Gasteiger partial charge in [0.2, 0.25) is 0 Å². The Morgan fingerprint density at radius 3 is 2.80 bits per heavy atom. The zero-order valence-electron chi connectivity index (χ0n) is 13.2. The van der Waals surface area contributed by atoms with Gasteiger partial charge in [0.15, 0.2) is 6.61 Å². The standard InChI is InChI=1S/C16H16Cl2N4O3/c17-12-7-10(8-19-15(12)18)16(24)25-9-14(23)21-13-5-6-20-22(13)11-3-1-2-4-11/h5-8,11H,1-4,9H2,(H,21,23). The second kappa shape index (κ2) is 7.84. The molecule has 1 aliphatic carbocycles. The van der Waals surface area contributed by atoms with Gasteiger partial charge in [0.25, 0.3) is 5.91 Å². The fourth-order valence-electron chi connectivity index (χ4n) is 2.78. The summed E-state index contributed by atoms with van der Waals surface area (Å²) in [6.07, 6.45) is 7.29. The van der Waals surface area contributed by atoms with Crippen molar-refractivity contribution in [3.05, 3.63) is 40.3 Å². The predicted octanol–water partition coefficient (Wildman–Crippen LogP) is 3.50. The van der Waals surface area contributed by atoms with Crippen molar-refractivity contribution in [3.8, 4) is 0 Å². The van der Waals surface area contributed by atoms with Gasteiger partial charge in [-0.05, 0) is 18.9 Å². The van der Waals surface area contributed by atoms with Gasteiger partial charge in [-0.1, -0.05) is 36.0 Å². The quantitative estimate of drug-likeness (QED) is 0.631. The fraction of sp³-hybridized carbons (Fsp3) is 0.375. The van der Waals surface area contributed by atoms with Crippen LogP contribution in [0.15, 0.2) is 24.5 Å². The molecule has 0 radical (unpaired) electrons. The molecule has 132 valence electrons. The first kappa shape index (κ1) is 17.7. The van der Waals surface area contributed by atoms with Gasteiger partial charge in [-0.15, -0.1) is 0 Å². The number of nitrogens with one attached hydrogen (secondary N) is 1. The lowest BCUT2D eigenvalue weighted by molar-refractivity contribution is -0.119. The van der Waals surface area contributed by atoms with Gasteiger partial charge in [-0.25, -0.2) is 14.5 Å². The summed E-state index contributed by atoms with van der Waals surface area (Å²) < 4.78 is 6.79. The van der Waals surface area contributed by atoms with Gasteiger partial charge in [0, 0.05) is 12.3 Å². The number of nitrogens with zero attached hydrogens (tertiary/aromatic N) is 3. The van der Waals surface area contributed by atoms with Gasteiger partial charge in [-0.2, -0.15) is 5.10 Å². The molecule has 25 heavy (non-hydrogen) atoms. The molecule has 1 aliphatic rings. The van der Waals surface area contributed by atoms with Crippen molar-refractivity contribution in [2.45, 2.75) is 31.7 Å². The highest BCUT2D eigenvalue weighted by atomic mass is 35.5. The van der Waals surface area contributed by atoms with E-state index >= 15 is 0 Å². The molecule has 0 bridgehead atoms. The molecular formula is C16H16Cl2N4O3. The van der Waals surface area contributed by atoms with E-state index in [1.807, 2.05) is 4.68 Å². The van der Waals surface area contributed by atoms with Gasteiger partial charge < -0.3 is 10.1 Å². The molecule has 1 N–H and O–H groups in total. The Bertz CT molecular complexity index is 787. The number of hydrogen-bond acceptors (Lipinski definition) is 5. The first-order chi connectivity index (χ1) is 12.0. The number of ether oxygens (including phenoxy) is 1. The van der Waals surface area contributed by atoms with E-state index in [1.54, 1.807) is 12.3 Å². The number of aromatic nitrogens is 3. The van der Waals surface area contributed by atoms with Crippen molar-refractivity contribution in [3.63, 3.8) is 0 Å². The van der Waals surface area contributed by atoms with Crippen LogP contribution in [0.1, 0.15) is 42.1 Å². The summed E-state index contributed by atoms with van der Waals surface area (Å²) in [5.74, 6) is -0.546. The monoisotopic (exact) mass is 382 g/mol. The van der Waals surface area contributed by atoms with Gasteiger partial charge in [0.1, 0.15) is 11.0 Å². The fourth-order valence-corrected chi connectivity index (χ4v) is 3.05. The first-order valence-electron chi connectivity index (χ1n) is 7.86. The van der Waals surface area contributed by atoms with E-state index in [0.29, 0.717) is 11.9 Å². The number of carbonyl (C=O) groups is 2. The van der Waals surface area contributed by atoms with Crippen LogP contribution in [0.4, 0.5) is 5.82 Å². The maximum absolute atomic E-state index is 12.0. The third-order valence-corrected chi connectivity index (χ3v) is 4.66. The van der Waals surface area contributed by atoms with Gasteiger partial charge >= 0.3 is 5.97 Å². The lowest BCUT2D eigenvalue weighted by Crippen LogP contribution is -2.23. The Balaban J connectivity index is 1.55. The minimum atomic E-state index is -0.703. The van der Waals surface area contributed by atoms with Gasteiger partial charge in [-0.3, -0.25) is 4.79 Å². The number of halogens is 2. The van der Waals surface area contributed by atoms with Crippen molar-refractivity contribution in [2.75, 3.05) is 11.9 Å². The van der Waals surface area contributed by atoms with Crippen LogP contribution in [-0.2, 0) is 9.53 Å². The van der Waals surface area contributed by atoms with Crippen molar-refractivity contribution in [2.24, 2.45) is 0 Å². The molecule has 0 atom stereocenters. The van der Waals surface area contributed by atoms with Crippen molar-refractivity contribution < 1.29 is 14.3 Å². The van der Waals surface area contributed by atoms with Crippen LogP contribution in [-0.4, -0.2) is 33.2 Å². The Morgan fingerprint density at radius 1 is 1.32 bits per heavy atom. The molecular weight excluding hydrogens is 367 g/mol. The van der Waals surface area contributed by atoms with E-state index < -0.39 is 18.5 Å². The Kier molecular flexibility index (Phi) is 5.55. The van der Waals surface area contributed by atoms with E-state index in [9.17, 15) is 9.59 Å². The van der Waals surface area contributed by atoms with Gasteiger partial charge in [0.05, 0.1) is 22.8 Å². The Labute approximate surface area is 154 Å². The van der Waals surface area contributed by atoms with E-state index in [2.05, 4.69) is 15.4 Å². The Morgan fingerprint density at radius 2 is 2.08 bits per heavy atom. The van der Waals surface area contributed by atoms with Crippen LogP contribution in [0.2, 0.25) is 10.2 Å². The summed E-state index contributed by atoms with van der Waals surface area (Å²) in [7, 11) is 0. The van der Waals surface area contributed by atoms with Crippen LogP contribution in [0, 0.1) is 0 Å². The van der Waals surface area contributed by atoms with Crippen LogP contribution >= 0.6 is 23.2 Å². The highest BCUT2D eigenvalue weighted by Crippen LogP contribution is 2.31. The average Bonchev–Trinajstić information content (AvgIpc) is 3.26. The zero-order valence-corrected chi connectivity index (χ0v) is 14.8. The first-order valence-corrected chi connectivity index (χ1v) is 8.61. The number of hydrogen-bond donors (Lipinski definition) is 1. The minimum Gasteiger partial charge on any atom is -0.452 e. The molecule has 1 saturated carbocycles. The molecule has 0 saturated heterocycles. The molecule has 7 nitrogen and oxygen atoms in total. The van der Waals surface area contributed by atoms with E-state index in [4.69, 9.17) is 27.9 Å². The SMILES string of the molecule is O=C(COC(=O)c1cnc(Cl)c(Cl)c1)Nc1ccnn1C1CCCC1. The molecule has 1 amide bonds. The minimum absolute atomic E-state index is 0.0936. The van der Waals surface area contributed by atoms with Crippen LogP contribution in [0.25, 0.3) is 0 Å². The van der Waals surface area contributed by atoms with Crippen LogP contribution in [0.3, 0.4) is 0 Å². The highest BCUT2D eigenvalue weighted by molar-refractivity contribution is 6.41. The topological polar surface area (TPSA) is 86.1 Å². The summed E-state index contributed by atoms with van der Waals surface area (Å²) >= 11 is 11.5. The second-order valence-electron chi connectivity index (χ2n) is 5.72. The summed E-state index contributed by atoms with van der Waals surface area (Å²) in [5.41, 5.74) is 0.123. The normalized spacial score (nSPS) is 14.5. The summed E-state index contributed by atoms with van der Waals surface area (Å²) in [5, 5.41) is 7.22. The average molecular weight is 383 g/mol. The number of rotatable bonds is 5. The maximum atomic E-state index is 12.0. The molecule has 3 rings (SSSR count). The number of anilines is 1. The number of carbonyl (C=O) groups excluding carboxylic acids is 2. The highest BCUT2D eigenvalue weighted by Gasteiger charge is 2.21. The molecule has 2 heterocycles. The zero-order chi connectivity index (χ0) is 17.8. The largest absolute Gasteiger partial charge is 0.452 e. The lowest BCUT2D eigenvalue weighted by Gasteiger charge is -2.14. The predicted molar refractivity (Wildman–Crippen MR) is 92.9 cm³/mol. The second-order valence-corrected chi connectivity index (χ2v) is 6.49. The molecule has 1 fully saturated rings. The molecule has 2 aromatic heterocycles. The van der Waals surface area contributed by atoms with Crippen LogP contribution in [0.5, 0.6) is 0 Å². The third kappa shape index (κ3) is 4.29. The summed E-state index contributed by atoms with van der Waals surface area (Å²) in [4.78, 5) is 27.7. The number of amides is 1. The number of pyridine rings is 1. The Hall–Kier alpha value is -2.12. The summed E-state index contributed by atoms with van der Waals surface area (Å²) in [6, 6.07) is 3.36. The van der Waals surface area contributed by atoms with Crippen molar-refractivity contribution in [1.82, 2.24) is 14.8 Å². The smallest absolute Gasteiger partial charge is 0.340 e. The maximum Gasteiger partial charge on any atom is 0.340 e. The van der Waals surface area contributed by atoms with Crippen LogP contribution < -0.4 is 5.32 Å². The molecule has 0 spiro atoms. The molecule has 0 unspecified atom stereocenters. The molecule has 9 heteroatoms. The lowest BCUT2D eigenvalue weighted by atomic mass is 10.2. The van der Waals surface area contributed by atoms with Crippen molar-refractivity contribution >= 4 is 40.9 Å². The molecule has 0 aromatic carbocycles. The molecule has 2 aromatic rings. The van der Waals surface area contributed by atoms with E-state index in [-0.39, 0.29) is 15.7 Å². The molecule has 0 aliphatic heterocycles. The van der Waals surface area contributed by atoms with E-state index in [1.165, 1.54) is 12.3 Å². The summed E-state index contributed by atoms with van der Waals surface area (Å²) in [6.45, 7) is -0.422. The third-order valence-electron chi connectivity index (χ3n) is 3.97. The van der Waals surface area contributed by atoms with E-state index in [0.717, 1.165) is 25.7 Å².